The monoisotopic (exact) mass is 504 g/mol. The fourth-order valence-electron chi connectivity index (χ4n) is 2.83. The molecule has 10 heteroatoms. The first kappa shape index (κ1) is 23.7. The normalized spacial score (nSPS) is 16.1. The van der Waals surface area contributed by atoms with E-state index in [1.165, 1.54) is 13.2 Å². The molecule has 0 unspecified atom stereocenters. The number of hydrogen-bond donors (Lipinski definition) is 1. The number of halogens is 5. The van der Waals surface area contributed by atoms with Crippen LogP contribution in [0.4, 0.5) is 17.6 Å². The second-order valence-corrected chi connectivity index (χ2v) is 6.07. The van der Waals surface area contributed by atoms with Crippen LogP contribution in [0.2, 0.25) is 0 Å². The second-order valence-electron chi connectivity index (χ2n) is 6.07. The maximum absolute atomic E-state index is 13.8. The molecule has 0 bridgehead atoms. The van der Waals surface area contributed by atoms with Crippen molar-refractivity contribution in [2.75, 3.05) is 46.9 Å². The number of nitrogens with zero attached hydrogens (tertiary/aromatic N) is 3. The van der Waals surface area contributed by atoms with Crippen LogP contribution in [0.15, 0.2) is 23.2 Å². The molecule has 0 radical (unpaired) electrons. The van der Waals surface area contributed by atoms with Gasteiger partial charge in [0.2, 0.25) is 0 Å². The van der Waals surface area contributed by atoms with Crippen LogP contribution in [0.1, 0.15) is 12.0 Å². The highest BCUT2D eigenvalue weighted by atomic mass is 127. The summed E-state index contributed by atoms with van der Waals surface area (Å²) in [6, 6.07) is 4.89. The molecule has 0 aromatic heterocycles. The van der Waals surface area contributed by atoms with E-state index >= 15 is 0 Å². The minimum Gasteiger partial charge on any atom is -0.494 e. The van der Waals surface area contributed by atoms with E-state index < -0.39 is 18.4 Å². The first-order valence-corrected chi connectivity index (χ1v) is 8.39. The Labute approximate surface area is 173 Å². The highest BCUT2D eigenvalue weighted by Crippen LogP contribution is 2.20. The van der Waals surface area contributed by atoms with Crippen molar-refractivity contribution in [3.05, 3.63) is 29.6 Å². The molecule has 1 heterocycles. The minimum absolute atomic E-state index is 0. The molecule has 27 heavy (non-hydrogen) atoms. The number of alkyl halides is 3. The number of guanidine groups is 1. The Morgan fingerprint density at radius 3 is 2.41 bits per heavy atom. The van der Waals surface area contributed by atoms with Gasteiger partial charge in [0, 0.05) is 46.3 Å². The number of hydrogen-bond acceptors (Lipinski definition) is 3. The van der Waals surface area contributed by atoms with Crippen molar-refractivity contribution >= 4 is 29.9 Å². The van der Waals surface area contributed by atoms with Crippen LogP contribution < -0.4 is 10.1 Å². The van der Waals surface area contributed by atoms with E-state index in [0.29, 0.717) is 38.7 Å². The summed E-state index contributed by atoms with van der Waals surface area (Å²) >= 11 is 0. The molecule has 1 aliphatic heterocycles. The standard InChI is InChI=1S/C17H24F4N4O.HI/c1-22-16(23-6-5-17(19,20)21)25-9-7-24(8-10-25)12-13-3-4-15(26-2)14(18)11-13;/h3-4,11H,5-10,12H2,1-2H3,(H,22,23);1H. The molecule has 1 aromatic carbocycles. The highest BCUT2D eigenvalue weighted by Gasteiger charge is 2.27. The minimum atomic E-state index is -4.18. The van der Waals surface area contributed by atoms with Crippen molar-refractivity contribution in [3.8, 4) is 5.75 Å². The summed E-state index contributed by atoms with van der Waals surface area (Å²) in [5.74, 6) is 0.301. The molecule has 1 aromatic rings. The Balaban J connectivity index is 0.00000364. The van der Waals surface area contributed by atoms with Gasteiger partial charge in [-0.15, -0.1) is 24.0 Å². The fraction of sp³-hybridized carbons (Fsp3) is 0.588. The lowest BCUT2D eigenvalue weighted by Gasteiger charge is -2.36. The third kappa shape index (κ3) is 7.68. The summed E-state index contributed by atoms with van der Waals surface area (Å²) in [4.78, 5) is 8.15. The van der Waals surface area contributed by atoms with Crippen LogP contribution in [0.3, 0.4) is 0 Å². The average Bonchev–Trinajstić information content (AvgIpc) is 2.59. The van der Waals surface area contributed by atoms with Crippen molar-refractivity contribution < 1.29 is 22.3 Å². The number of aliphatic imine (C=N–C) groups is 1. The maximum atomic E-state index is 13.8. The zero-order valence-electron chi connectivity index (χ0n) is 15.4. The molecule has 2 rings (SSSR count). The van der Waals surface area contributed by atoms with Crippen LogP contribution >= 0.6 is 24.0 Å². The third-order valence-corrected chi connectivity index (χ3v) is 4.20. The van der Waals surface area contributed by atoms with E-state index in [1.54, 1.807) is 13.1 Å². The molecule has 0 spiro atoms. The van der Waals surface area contributed by atoms with Crippen molar-refractivity contribution in [1.29, 1.82) is 0 Å². The van der Waals surface area contributed by atoms with E-state index in [1.807, 2.05) is 11.0 Å². The summed E-state index contributed by atoms with van der Waals surface area (Å²) in [7, 11) is 2.98. The summed E-state index contributed by atoms with van der Waals surface area (Å²) in [5, 5.41) is 2.75. The van der Waals surface area contributed by atoms with Gasteiger partial charge in [-0.2, -0.15) is 13.2 Å². The molecule has 0 saturated carbocycles. The third-order valence-electron chi connectivity index (χ3n) is 4.20. The van der Waals surface area contributed by atoms with E-state index in [4.69, 9.17) is 4.74 Å². The van der Waals surface area contributed by atoms with Gasteiger partial charge in [0.05, 0.1) is 13.5 Å². The van der Waals surface area contributed by atoms with Crippen LogP contribution in [0.25, 0.3) is 0 Å². The number of piperazine rings is 1. The summed E-state index contributed by atoms with van der Waals surface area (Å²) in [6.07, 6.45) is -5.08. The maximum Gasteiger partial charge on any atom is 0.390 e. The number of ether oxygens (including phenoxy) is 1. The number of rotatable bonds is 5. The Kier molecular flexibility index (Phi) is 9.57. The first-order valence-electron chi connectivity index (χ1n) is 8.39. The number of methoxy groups -OCH3 is 1. The van der Waals surface area contributed by atoms with Gasteiger partial charge in [0.15, 0.2) is 17.5 Å². The van der Waals surface area contributed by atoms with E-state index in [0.717, 1.165) is 5.56 Å². The predicted molar refractivity (Wildman–Crippen MR) is 107 cm³/mol. The van der Waals surface area contributed by atoms with Gasteiger partial charge in [-0.3, -0.25) is 9.89 Å². The average molecular weight is 504 g/mol. The van der Waals surface area contributed by atoms with Crippen LogP contribution in [-0.2, 0) is 6.54 Å². The Hall–Kier alpha value is -1.30. The fourth-order valence-corrected chi connectivity index (χ4v) is 2.83. The highest BCUT2D eigenvalue weighted by molar-refractivity contribution is 14.0. The van der Waals surface area contributed by atoms with Crippen molar-refractivity contribution in [2.24, 2.45) is 4.99 Å². The molecule has 1 N–H and O–H groups in total. The summed E-state index contributed by atoms with van der Waals surface area (Å²) in [5.41, 5.74) is 0.851. The zero-order valence-corrected chi connectivity index (χ0v) is 17.7. The number of nitrogens with one attached hydrogen (secondary N) is 1. The van der Waals surface area contributed by atoms with Gasteiger partial charge < -0.3 is 15.0 Å². The van der Waals surface area contributed by atoms with E-state index in [-0.39, 0.29) is 36.3 Å². The Morgan fingerprint density at radius 2 is 1.89 bits per heavy atom. The molecule has 0 atom stereocenters. The molecular weight excluding hydrogens is 479 g/mol. The lowest BCUT2D eigenvalue weighted by molar-refractivity contribution is -0.132. The summed E-state index contributed by atoms with van der Waals surface area (Å²) in [6.45, 7) is 3.13. The van der Waals surface area contributed by atoms with Gasteiger partial charge in [-0.1, -0.05) is 6.07 Å². The van der Waals surface area contributed by atoms with Crippen LogP contribution in [0.5, 0.6) is 5.75 Å². The topological polar surface area (TPSA) is 40.1 Å². The lowest BCUT2D eigenvalue weighted by atomic mass is 10.2. The van der Waals surface area contributed by atoms with E-state index in [9.17, 15) is 17.6 Å². The summed E-state index contributed by atoms with van der Waals surface area (Å²) < 4.78 is 55.4. The largest absolute Gasteiger partial charge is 0.494 e. The molecule has 1 saturated heterocycles. The molecule has 1 aliphatic rings. The molecular formula is C17H25F4IN4O. The predicted octanol–water partition coefficient (Wildman–Crippen LogP) is 3.10. The molecule has 0 amide bonds. The van der Waals surface area contributed by atoms with Gasteiger partial charge >= 0.3 is 6.18 Å². The number of benzene rings is 1. The Bertz CT molecular complexity index is 619. The smallest absolute Gasteiger partial charge is 0.390 e. The van der Waals surface area contributed by atoms with Crippen molar-refractivity contribution in [3.63, 3.8) is 0 Å². The van der Waals surface area contributed by atoms with Crippen LogP contribution in [0, 0.1) is 5.82 Å². The molecule has 5 nitrogen and oxygen atoms in total. The van der Waals surface area contributed by atoms with Gasteiger partial charge in [0.1, 0.15) is 0 Å². The van der Waals surface area contributed by atoms with Gasteiger partial charge in [-0.25, -0.2) is 4.39 Å². The molecule has 1 fully saturated rings. The first-order chi connectivity index (χ1) is 12.3. The quantitative estimate of drug-likeness (QED) is 0.290. The van der Waals surface area contributed by atoms with Crippen molar-refractivity contribution in [2.45, 2.75) is 19.1 Å². The lowest BCUT2D eigenvalue weighted by Crippen LogP contribution is -2.52. The van der Waals surface area contributed by atoms with E-state index in [2.05, 4.69) is 15.2 Å². The van der Waals surface area contributed by atoms with Crippen molar-refractivity contribution in [1.82, 2.24) is 15.1 Å². The Morgan fingerprint density at radius 1 is 1.22 bits per heavy atom. The van der Waals surface area contributed by atoms with Gasteiger partial charge in [0.25, 0.3) is 0 Å². The molecule has 0 aliphatic carbocycles. The molecule has 154 valence electrons. The zero-order chi connectivity index (χ0) is 19.2. The SMILES string of the molecule is CN=C(NCCC(F)(F)F)N1CCN(Cc2ccc(OC)c(F)c2)CC1.I. The van der Waals surface area contributed by atoms with Crippen LogP contribution in [-0.4, -0.2) is 68.8 Å². The second kappa shape index (κ2) is 10.9. The van der Waals surface area contributed by atoms with Gasteiger partial charge in [-0.05, 0) is 17.7 Å².